The molecule has 0 bridgehead atoms. The molecule has 1 N–H and O–H groups in total. The number of carbonyl (C=O) groups is 2. The van der Waals surface area contributed by atoms with E-state index in [0.29, 0.717) is 29.1 Å². The van der Waals surface area contributed by atoms with Crippen LogP contribution in [0.4, 0.5) is 11.4 Å². The van der Waals surface area contributed by atoms with Gasteiger partial charge in [0.2, 0.25) is 0 Å². The van der Waals surface area contributed by atoms with Gasteiger partial charge < -0.3 is 15.0 Å². The molecule has 0 fully saturated rings. The molecule has 3 aromatic rings. The van der Waals surface area contributed by atoms with Crippen molar-refractivity contribution in [1.29, 1.82) is 0 Å². The Hall–Kier alpha value is -3.12. The molecule has 0 aromatic heterocycles. The highest BCUT2D eigenvalue weighted by molar-refractivity contribution is 9.10. The van der Waals surface area contributed by atoms with Gasteiger partial charge in [-0.1, -0.05) is 40.2 Å². The molecule has 152 valence electrons. The molecule has 30 heavy (non-hydrogen) atoms. The van der Waals surface area contributed by atoms with Crippen LogP contribution in [-0.4, -0.2) is 25.5 Å². The number of hydrogen-bond acceptors (Lipinski definition) is 3. The molecule has 1 aliphatic rings. The maximum Gasteiger partial charge on any atom is 0.258 e. The molecule has 4 rings (SSSR count). The molecule has 0 saturated carbocycles. The molecule has 0 atom stereocenters. The summed E-state index contributed by atoms with van der Waals surface area (Å²) in [5.74, 6) is 0.351. The number of ether oxygens (including phenoxy) is 1. The molecular formula is C24H21BrN2O3. The van der Waals surface area contributed by atoms with Gasteiger partial charge in [-0.15, -0.1) is 0 Å². The van der Waals surface area contributed by atoms with Crippen molar-refractivity contribution in [3.8, 4) is 5.75 Å². The number of carbonyl (C=O) groups excluding carboxylic acids is 2. The van der Waals surface area contributed by atoms with E-state index in [4.69, 9.17) is 4.74 Å². The SMILES string of the molecule is COc1cccc2c1N(C(=O)c1cccc(NC(=O)c3cccc(Br)c3)c1)CCC2. The van der Waals surface area contributed by atoms with Crippen LogP contribution >= 0.6 is 15.9 Å². The maximum atomic E-state index is 13.3. The first kappa shape index (κ1) is 20.2. The summed E-state index contributed by atoms with van der Waals surface area (Å²) in [6.45, 7) is 0.626. The van der Waals surface area contributed by atoms with E-state index in [1.807, 2.05) is 24.3 Å². The molecule has 3 aromatic carbocycles. The highest BCUT2D eigenvalue weighted by Gasteiger charge is 2.27. The fraction of sp³-hybridized carbons (Fsp3) is 0.167. The summed E-state index contributed by atoms with van der Waals surface area (Å²) >= 11 is 3.38. The van der Waals surface area contributed by atoms with E-state index in [9.17, 15) is 9.59 Å². The summed E-state index contributed by atoms with van der Waals surface area (Å²) < 4.78 is 6.34. The topological polar surface area (TPSA) is 58.6 Å². The Bertz CT molecular complexity index is 1100. The van der Waals surface area contributed by atoms with Crippen molar-refractivity contribution in [3.63, 3.8) is 0 Å². The monoisotopic (exact) mass is 464 g/mol. The van der Waals surface area contributed by atoms with Crippen LogP contribution in [0.5, 0.6) is 5.75 Å². The third-order valence-corrected chi connectivity index (χ3v) is 5.59. The molecular weight excluding hydrogens is 444 g/mol. The number of para-hydroxylation sites is 1. The summed E-state index contributed by atoms with van der Waals surface area (Å²) in [5, 5.41) is 2.87. The number of methoxy groups -OCH3 is 1. The number of anilines is 2. The summed E-state index contributed by atoms with van der Waals surface area (Å²) in [5.41, 5.74) is 3.56. The Balaban J connectivity index is 1.59. The lowest BCUT2D eigenvalue weighted by Gasteiger charge is -2.31. The molecule has 1 heterocycles. The van der Waals surface area contributed by atoms with E-state index in [2.05, 4.69) is 21.2 Å². The fourth-order valence-corrected chi connectivity index (χ4v) is 4.10. The van der Waals surface area contributed by atoms with Crippen molar-refractivity contribution in [2.75, 3.05) is 23.9 Å². The number of halogens is 1. The Morgan fingerprint density at radius 2 is 1.77 bits per heavy atom. The van der Waals surface area contributed by atoms with Crippen molar-refractivity contribution in [2.24, 2.45) is 0 Å². The minimum Gasteiger partial charge on any atom is -0.495 e. The van der Waals surface area contributed by atoms with Crippen molar-refractivity contribution >= 4 is 39.1 Å². The summed E-state index contributed by atoms with van der Waals surface area (Å²) in [6.07, 6.45) is 1.81. The number of aryl methyl sites for hydroxylation is 1. The zero-order chi connectivity index (χ0) is 21.1. The lowest BCUT2D eigenvalue weighted by atomic mass is 10.00. The van der Waals surface area contributed by atoms with Gasteiger partial charge in [0.05, 0.1) is 12.8 Å². The Morgan fingerprint density at radius 1 is 1.00 bits per heavy atom. The zero-order valence-electron chi connectivity index (χ0n) is 16.5. The van der Waals surface area contributed by atoms with E-state index in [-0.39, 0.29) is 11.8 Å². The Morgan fingerprint density at radius 3 is 2.57 bits per heavy atom. The number of benzene rings is 3. The smallest absolute Gasteiger partial charge is 0.258 e. The van der Waals surface area contributed by atoms with Crippen LogP contribution in [0.1, 0.15) is 32.7 Å². The normalized spacial score (nSPS) is 12.8. The Kier molecular flexibility index (Phi) is 5.86. The molecule has 1 aliphatic heterocycles. The average Bonchev–Trinajstić information content (AvgIpc) is 2.78. The predicted octanol–water partition coefficient (Wildman–Crippen LogP) is 5.30. The van der Waals surface area contributed by atoms with Crippen LogP contribution in [0.25, 0.3) is 0 Å². The second kappa shape index (κ2) is 8.71. The van der Waals surface area contributed by atoms with Crippen LogP contribution in [0.2, 0.25) is 0 Å². The highest BCUT2D eigenvalue weighted by Crippen LogP contribution is 2.37. The lowest BCUT2D eigenvalue weighted by molar-refractivity contribution is 0.0982. The van der Waals surface area contributed by atoms with Gasteiger partial charge in [0.1, 0.15) is 5.75 Å². The third-order valence-electron chi connectivity index (χ3n) is 5.10. The summed E-state index contributed by atoms with van der Waals surface area (Å²) in [4.78, 5) is 27.7. The first-order chi connectivity index (χ1) is 14.6. The first-order valence-electron chi connectivity index (χ1n) is 9.71. The van der Waals surface area contributed by atoms with Crippen molar-refractivity contribution in [3.05, 3.63) is 87.9 Å². The molecule has 0 spiro atoms. The molecule has 5 nitrogen and oxygen atoms in total. The number of rotatable bonds is 4. The number of nitrogens with zero attached hydrogens (tertiary/aromatic N) is 1. The molecule has 0 aliphatic carbocycles. The second-order valence-corrected chi connectivity index (χ2v) is 7.99. The Labute approximate surface area is 183 Å². The van der Waals surface area contributed by atoms with Gasteiger partial charge in [0.15, 0.2) is 0 Å². The van der Waals surface area contributed by atoms with E-state index >= 15 is 0 Å². The third kappa shape index (κ3) is 4.09. The van der Waals surface area contributed by atoms with Crippen LogP contribution in [0.15, 0.2) is 71.2 Å². The molecule has 6 heteroatoms. The molecule has 2 amide bonds. The fourth-order valence-electron chi connectivity index (χ4n) is 3.70. The van der Waals surface area contributed by atoms with E-state index < -0.39 is 0 Å². The number of fused-ring (bicyclic) bond motifs is 1. The standard InChI is InChI=1S/C24H21BrN2O3/c1-30-21-12-4-6-16-9-5-13-27(22(16)21)24(29)18-8-3-11-20(15-18)26-23(28)17-7-2-10-19(25)14-17/h2-4,6-8,10-12,14-15H,5,9,13H2,1H3,(H,26,28). The van der Waals surface area contributed by atoms with Crippen molar-refractivity contribution < 1.29 is 14.3 Å². The molecule has 0 radical (unpaired) electrons. The van der Waals surface area contributed by atoms with Crippen molar-refractivity contribution in [1.82, 2.24) is 0 Å². The number of amides is 2. The van der Waals surface area contributed by atoms with E-state index in [1.165, 1.54) is 0 Å². The summed E-state index contributed by atoms with van der Waals surface area (Å²) in [6, 6.07) is 20.0. The summed E-state index contributed by atoms with van der Waals surface area (Å²) in [7, 11) is 1.62. The van der Waals surface area contributed by atoms with E-state index in [1.54, 1.807) is 54.5 Å². The van der Waals surface area contributed by atoms with Crippen LogP contribution in [-0.2, 0) is 6.42 Å². The molecule has 0 saturated heterocycles. The van der Waals surface area contributed by atoms with E-state index in [0.717, 1.165) is 28.6 Å². The van der Waals surface area contributed by atoms with Gasteiger partial charge >= 0.3 is 0 Å². The van der Waals surface area contributed by atoms with Gasteiger partial charge in [0, 0.05) is 27.8 Å². The van der Waals surface area contributed by atoms with Crippen molar-refractivity contribution in [2.45, 2.75) is 12.8 Å². The quantitative estimate of drug-likeness (QED) is 0.569. The lowest BCUT2D eigenvalue weighted by Crippen LogP contribution is -2.35. The van der Waals surface area contributed by atoms with Crippen LogP contribution in [0, 0.1) is 0 Å². The average molecular weight is 465 g/mol. The number of nitrogens with one attached hydrogen (secondary N) is 1. The minimum atomic E-state index is -0.231. The van der Waals surface area contributed by atoms with Gasteiger partial charge in [-0.2, -0.15) is 0 Å². The van der Waals surface area contributed by atoms with Crippen LogP contribution in [0.3, 0.4) is 0 Å². The first-order valence-corrected chi connectivity index (χ1v) is 10.5. The largest absolute Gasteiger partial charge is 0.495 e. The van der Waals surface area contributed by atoms with Gasteiger partial charge in [0.25, 0.3) is 11.8 Å². The number of hydrogen-bond donors (Lipinski definition) is 1. The van der Waals surface area contributed by atoms with Gasteiger partial charge in [-0.25, -0.2) is 0 Å². The zero-order valence-corrected chi connectivity index (χ0v) is 18.1. The second-order valence-electron chi connectivity index (χ2n) is 7.07. The van der Waals surface area contributed by atoms with Gasteiger partial charge in [-0.3, -0.25) is 9.59 Å². The predicted molar refractivity (Wildman–Crippen MR) is 122 cm³/mol. The van der Waals surface area contributed by atoms with Crippen LogP contribution < -0.4 is 15.0 Å². The van der Waals surface area contributed by atoms with Gasteiger partial charge in [-0.05, 0) is 60.9 Å². The maximum absolute atomic E-state index is 13.3. The highest BCUT2D eigenvalue weighted by atomic mass is 79.9. The minimum absolute atomic E-state index is 0.112. The molecule has 0 unspecified atom stereocenters.